The first kappa shape index (κ1) is 13.5. The van der Waals surface area contributed by atoms with Gasteiger partial charge < -0.3 is 4.90 Å². The molecule has 0 spiro atoms. The van der Waals surface area contributed by atoms with E-state index in [1.54, 1.807) is 0 Å². The molecule has 0 aliphatic carbocycles. The van der Waals surface area contributed by atoms with Crippen molar-refractivity contribution in [3.63, 3.8) is 0 Å². The molecule has 0 N–H and O–H groups in total. The first-order chi connectivity index (χ1) is 7.54. The topological polar surface area (TPSA) is 6.48 Å². The van der Waals surface area contributed by atoms with Gasteiger partial charge in [0.15, 0.2) is 0 Å². The van der Waals surface area contributed by atoms with Gasteiger partial charge in [0.2, 0.25) is 0 Å². The Bertz CT molecular complexity index is 226. The summed E-state index contributed by atoms with van der Waals surface area (Å²) < 4.78 is 0. The third-order valence-corrected chi connectivity index (χ3v) is 3.37. The van der Waals surface area contributed by atoms with Crippen LogP contribution >= 0.6 is 0 Å². The fraction of sp³-hybridized carbons (Fsp3) is 0.857. The Morgan fingerprint density at radius 3 is 2.19 bits per heavy atom. The van der Waals surface area contributed by atoms with Crippen LogP contribution in [0, 0.1) is 12.3 Å². The molecular formula is C14H26N2. The Morgan fingerprint density at radius 1 is 1.06 bits per heavy atom. The normalized spacial score (nSPS) is 19.6. The molecule has 0 aromatic carbocycles. The second kappa shape index (κ2) is 6.27. The molecule has 16 heavy (non-hydrogen) atoms. The Kier molecular flexibility index (Phi) is 5.31. The van der Waals surface area contributed by atoms with Gasteiger partial charge in [-0.05, 0) is 40.2 Å². The molecule has 0 unspecified atom stereocenters. The molecule has 0 saturated carbocycles. The minimum atomic E-state index is 0.329. The number of hydrogen-bond acceptors (Lipinski definition) is 2. The first-order valence-electron chi connectivity index (χ1n) is 6.45. The molecule has 1 aliphatic rings. The zero-order chi connectivity index (χ0) is 12.0. The summed E-state index contributed by atoms with van der Waals surface area (Å²) in [4.78, 5) is 5.14. The van der Waals surface area contributed by atoms with E-state index in [0.29, 0.717) is 5.54 Å². The summed E-state index contributed by atoms with van der Waals surface area (Å²) in [6.07, 6.45) is 8.60. The summed E-state index contributed by atoms with van der Waals surface area (Å²) in [5.41, 5.74) is 0.329. The van der Waals surface area contributed by atoms with Gasteiger partial charge in [-0.3, -0.25) is 4.90 Å². The molecule has 1 heterocycles. The number of nitrogens with zero attached hydrogens (tertiary/aromatic N) is 2. The van der Waals surface area contributed by atoms with Crippen LogP contribution in [-0.2, 0) is 0 Å². The zero-order valence-electron chi connectivity index (χ0n) is 11.1. The van der Waals surface area contributed by atoms with Crippen LogP contribution in [-0.4, -0.2) is 48.1 Å². The lowest BCUT2D eigenvalue weighted by atomic mass is 10.0. The van der Waals surface area contributed by atoms with Gasteiger partial charge >= 0.3 is 0 Å². The molecule has 1 aliphatic heterocycles. The highest BCUT2D eigenvalue weighted by Gasteiger charge is 2.25. The first-order valence-corrected chi connectivity index (χ1v) is 6.45. The quantitative estimate of drug-likeness (QED) is 0.531. The van der Waals surface area contributed by atoms with Crippen LogP contribution < -0.4 is 0 Å². The van der Waals surface area contributed by atoms with Gasteiger partial charge in [0, 0.05) is 38.1 Å². The number of piperazine rings is 1. The minimum absolute atomic E-state index is 0.329. The van der Waals surface area contributed by atoms with Gasteiger partial charge in [-0.25, -0.2) is 0 Å². The van der Waals surface area contributed by atoms with Crippen LogP contribution in [0.15, 0.2) is 0 Å². The van der Waals surface area contributed by atoms with Gasteiger partial charge in [0.25, 0.3) is 0 Å². The summed E-state index contributed by atoms with van der Waals surface area (Å²) >= 11 is 0. The van der Waals surface area contributed by atoms with Crippen molar-refractivity contribution in [2.45, 2.75) is 45.6 Å². The van der Waals surface area contributed by atoms with E-state index < -0.39 is 0 Å². The van der Waals surface area contributed by atoms with Gasteiger partial charge in [-0.2, -0.15) is 0 Å². The van der Waals surface area contributed by atoms with Crippen LogP contribution in [0.1, 0.15) is 40.0 Å². The van der Waals surface area contributed by atoms with Crippen LogP contribution in [0.5, 0.6) is 0 Å². The van der Waals surface area contributed by atoms with Crippen LogP contribution in [0.2, 0.25) is 0 Å². The second-order valence-electron chi connectivity index (χ2n) is 5.66. The summed E-state index contributed by atoms with van der Waals surface area (Å²) in [5, 5.41) is 0. The Hall–Kier alpha value is -0.520. The molecule has 1 fully saturated rings. The predicted molar refractivity (Wildman–Crippen MR) is 70.5 cm³/mol. The smallest absolute Gasteiger partial charge is 0.0126 e. The molecule has 2 heteroatoms. The maximum Gasteiger partial charge on any atom is 0.0126 e. The highest BCUT2D eigenvalue weighted by atomic mass is 15.3. The van der Waals surface area contributed by atoms with E-state index in [9.17, 15) is 0 Å². The molecular weight excluding hydrogens is 196 g/mol. The van der Waals surface area contributed by atoms with Crippen molar-refractivity contribution >= 4 is 0 Å². The molecule has 92 valence electrons. The highest BCUT2D eigenvalue weighted by Crippen LogP contribution is 2.15. The van der Waals surface area contributed by atoms with E-state index in [1.807, 2.05) is 0 Å². The maximum absolute atomic E-state index is 5.24. The Morgan fingerprint density at radius 2 is 1.69 bits per heavy atom. The van der Waals surface area contributed by atoms with E-state index >= 15 is 0 Å². The van der Waals surface area contributed by atoms with Crippen molar-refractivity contribution in [1.82, 2.24) is 9.80 Å². The standard InChI is InChI=1S/C14H26N2/c1-5-6-7-8-9-15-10-12-16(13-11-15)14(2,3)4/h1H,6-13H2,2-4H3. The predicted octanol–water partition coefficient (Wildman–Crippen LogP) is 2.21. The summed E-state index contributed by atoms with van der Waals surface area (Å²) in [6, 6.07) is 0. The average molecular weight is 222 g/mol. The van der Waals surface area contributed by atoms with Crippen LogP contribution in [0.4, 0.5) is 0 Å². The van der Waals surface area contributed by atoms with Crippen LogP contribution in [0.3, 0.4) is 0 Å². The third kappa shape index (κ3) is 4.55. The van der Waals surface area contributed by atoms with Crippen molar-refractivity contribution in [2.75, 3.05) is 32.7 Å². The third-order valence-electron chi connectivity index (χ3n) is 3.37. The van der Waals surface area contributed by atoms with Crippen molar-refractivity contribution < 1.29 is 0 Å². The van der Waals surface area contributed by atoms with E-state index in [-0.39, 0.29) is 0 Å². The number of terminal acetylenes is 1. The van der Waals surface area contributed by atoms with E-state index in [1.165, 1.54) is 45.6 Å². The molecule has 0 aromatic rings. The Labute approximate surface area is 101 Å². The summed E-state index contributed by atoms with van der Waals surface area (Å²) in [6.45, 7) is 13.0. The minimum Gasteiger partial charge on any atom is -0.301 e. The molecule has 0 aromatic heterocycles. The van der Waals surface area contributed by atoms with Crippen molar-refractivity contribution in [3.05, 3.63) is 0 Å². The lowest BCUT2D eigenvalue weighted by Crippen LogP contribution is -2.53. The Balaban J connectivity index is 2.15. The van der Waals surface area contributed by atoms with Gasteiger partial charge in [-0.15, -0.1) is 12.3 Å². The fourth-order valence-corrected chi connectivity index (χ4v) is 2.20. The fourth-order valence-electron chi connectivity index (χ4n) is 2.20. The van der Waals surface area contributed by atoms with Gasteiger partial charge in [-0.1, -0.05) is 0 Å². The summed E-state index contributed by atoms with van der Waals surface area (Å²) in [7, 11) is 0. The lowest BCUT2D eigenvalue weighted by Gasteiger charge is -2.42. The van der Waals surface area contributed by atoms with E-state index in [2.05, 4.69) is 36.5 Å². The molecule has 0 amide bonds. The van der Waals surface area contributed by atoms with Gasteiger partial charge in [0.1, 0.15) is 0 Å². The SMILES string of the molecule is C#CCCCCN1CCN(C(C)(C)C)CC1. The number of unbranched alkanes of at least 4 members (excludes halogenated alkanes) is 2. The maximum atomic E-state index is 5.24. The lowest BCUT2D eigenvalue weighted by molar-refractivity contribution is 0.0617. The molecule has 0 atom stereocenters. The zero-order valence-corrected chi connectivity index (χ0v) is 11.1. The monoisotopic (exact) mass is 222 g/mol. The van der Waals surface area contributed by atoms with Crippen LogP contribution in [0.25, 0.3) is 0 Å². The molecule has 1 rings (SSSR count). The average Bonchev–Trinajstić information content (AvgIpc) is 2.24. The van der Waals surface area contributed by atoms with Crippen molar-refractivity contribution in [1.29, 1.82) is 0 Å². The largest absolute Gasteiger partial charge is 0.301 e. The number of hydrogen-bond donors (Lipinski definition) is 0. The van der Waals surface area contributed by atoms with Crippen molar-refractivity contribution in [2.24, 2.45) is 0 Å². The van der Waals surface area contributed by atoms with Gasteiger partial charge in [0.05, 0.1) is 0 Å². The molecule has 2 nitrogen and oxygen atoms in total. The number of rotatable bonds is 4. The van der Waals surface area contributed by atoms with E-state index in [4.69, 9.17) is 6.42 Å². The summed E-state index contributed by atoms with van der Waals surface area (Å²) in [5.74, 6) is 2.71. The molecule has 0 bridgehead atoms. The van der Waals surface area contributed by atoms with E-state index in [0.717, 1.165) is 6.42 Å². The molecule has 1 saturated heterocycles. The second-order valence-corrected chi connectivity index (χ2v) is 5.66. The molecule has 0 radical (unpaired) electrons. The van der Waals surface area contributed by atoms with Crippen molar-refractivity contribution in [3.8, 4) is 12.3 Å². The highest BCUT2D eigenvalue weighted by molar-refractivity contribution is 4.84.